The Morgan fingerprint density at radius 2 is 1.94 bits per heavy atom. The first-order valence-electron chi connectivity index (χ1n) is 5.20. The summed E-state index contributed by atoms with van der Waals surface area (Å²) in [6.45, 7) is 5.63. The van der Waals surface area contributed by atoms with Crippen LogP contribution in [0.4, 0.5) is 0 Å². The molecule has 6 nitrogen and oxygen atoms in total. The van der Waals surface area contributed by atoms with Gasteiger partial charge < -0.3 is 20.8 Å². The van der Waals surface area contributed by atoms with Crippen molar-refractivity contribution in [3.8, 4) is 0 Å². The van der Waals surface area contributed by atoms with Gasteiger partial charge >= 0.3 is 35.5 Å². The summed E-state index contributed by atoms with van der Waals surface area (Å²) in [5.41, 5.74) is 0. The Balaban J connectivity index is 0. The van der Waals surface area contributed by atoms with E-state index in [-0.39, 0.29) is 29.6 Å². The molecule has 0 aliphatic carbocycles. The number of likely N-dealkylation sites (N-methyl/N-ethyl adjacent to an activating group) is 1. The second kappa shape index (κ2) is 13.7. The fraction of sp³-hybridized carbons (Fsp3) is 0.600. The first-order valence-corrected chi connectivity index (χ1v) is 5.20. The first kappa shape index (κ1) is 19.0. The zero-order chi connectivity index (χ0) is 12.2. The number of hydrogen-bond donors (Lipinski definition) is 3. The Morgan fingerprint density at radius 3 is 2.53 bits per heavy atom. The minimum absolute atomic E-state index is 0. The van der Waals surface area contributed by atoms with Crippen molar-refractivity contribution >= 4 is 11.9 Å². The summed E-state index contributed by atoms with van der Waals surface area (Å²) in [5.74, 6) is -1.66. The number of hydrogen-bond acceptors (Lipinski definition) is 5. The summed E-state index contributed by atoms with van der Waals surface area (Å²) < 4.78 is 0. The van der Waals surface area contributed by atoms with Crippen molar-refractivity contribution < 1.29 is 44.6 Å². The quantitative estimate of drug-likeness (QED) is 0.126. The first-order chi connectivity index (χ1) is 7.66. The van der Waals surface area contributed by atoms with Gasteiger partial charge in [0.15, 0.2) is 0 Å². The van der Waals surface area contributed by atoms with Crippen molar-refractivity contribution in [1.82, 2.24) is 10.6 Å². The predicted octanol–water partition coefficient (Wildman–Crippen LogP) is -4.41. The van der Waals surface area contributed by atoms with Crippen LogP contribution in [0.1, 0.15) is 6.92 Å². The number of nitrogens with one attached hydrogen (secondary N) is 2. The van der Waals surface area contributed by atoms with Crippen LogP contribution >= 0.6 is 0 Å². The number of carboxylic acid groups (broad SMARTS) is 1. The molecule has 3 N–H and O–H groups in total. The molecule has 0 spiro atoms. The molecule has 0 saturated heterocycles. The molecule has 0 rings (SSSR count). The van der Waals surface area contributed by atoms with E-state index in [4.69, 9.17) is 5.11 Å². The predicted molar refractivity (Wildman–Crippen MR) is 60.5 cm³/mol. The minimum atomic E-state index is -1.15. The van der Waals surface area contributed by atoms with Crippen molar-refractivity contribution in [2.45, 2.75) is 6.92 Å². The maximum Gasteiger partial charge on any atom is 1.00 e. The van der Waals surface area contributed by atoms with Gasteiger partial charge in [0, 0.05) is 25.7 Å². The van der Waals surface area contributed by atoms with Crippen LogP contribution in [0.15, 0.2) is 17.1 Å². The number of carboxylic acids is 1. The summed E-state index contributed by atoms with van der Waals surface area (Å²) in [6.07, 6.45) is 1.73. The molecule has 0 radical (unpaired) electrons. The average Bonchev–Trinajstić information content (AvgIpc) is 2.25. The van der Waals surface area contributed by atoms with Crippen molar-refractivity contribution in [1.29, 1.82) is 0 Å². The number of carbonyl (C=O) groups is 1. The third-order valence-electron chi connectivity index (χ3n) is 1.65. The number of rotatable bonds is 9. The molecule has 0 aromatic heterocycles. The van der Waals surface area contributed by atoms with Gasteiger partial charge in [-0.25, -0.2) is 4.79 Å². The molecule has 0 aromatic carbocycles. The molecule has 7 heteroatoms. The summed E-state index contributed by atoms with van der Waals surface area (Å²) in [5, 5.41) is 25.4. The molecule has 0 unspecified atom stereocenters. The molecule has 0 aliphatic heterocycles. The smallest absolute Gasteiger partial charge is 0.859 e. The maximum atomic E-state index is 10.9. The molecule has 17 heavy (non-hydrogen) atoms. The van der Waals surface area contributed by atoms with Crippen molar-refractivity contribution in [2.75, 3.05) is 32.7 Å². The third-order valence-corrected chi connectivity index (χ3v) is 1.65. The monoisotopic (exact) mass is 251 g/mol. The van der Waals surface area contributed by atoms with Crippen LogP contribution in [0.3, 0.4) is 0 Å². The zero-order valence-corrected chi connectivity index (χ0v) is 12.4. The van der Waals surface area contributed by atoms with Crippen molar-refractivity contribution in [3.63, 3.8) is 0 Å². The van der Waals surface area contributed by atoms with Crippen LogP contribution in [0.5, 0.6) is 0 Å². The van der Waals surface area contributed by atoms with E-state index in [2.05, 4.69) is 15.6 Å². The van der Waals surface area contributed by atoms with Gasteiger partial charge in [0.1, 0.15) is 0 Å². The standard InChI is InChI=1S/C10H19N3O3.Na/c1-2-11-5-6-12-7-8-13-9(14)3-4-10(15)16;/h3-4,11-12H,2,5-8H2,1H3,(H,13,14)(H,15,16);/q;+1/p-1/b4-3+;. The summed E-state index contributed by atoms with van der Waals surface area (Å²) >= 11 is 0. The summed E-state index contributed by atoms with van der Waals surface area (Å²) in [7, 11) is 0. The van der Waals surface area contributed by atoms with E-state index in [1.165, 1.54) is 0 Å². The Bertz CT molecular complexity index is 257. The molecular weight excluding hydrogens is 233 g/mol. The van der Waals surface area contributed by atoms with E-state index in [1.807, 2.05) is 6.92 Å². The average molecular weight is 251 g/mol. The van der Waals surface area contributed by atoms with Crippen LogP contribution < -0.4 is 45.3 Å². The summed E-state index contributed by atoms with van der Waals surface area (Å²) in [4.78, 5) is 13.7. The van der Waals surface area contributed by atoms with Gasteiger partial charge in [-0.1, -0.05) is 6.92 Å². The molecule has 0 fully saturated rings. The molecule has 0 amide bonds. The van der Waals surface area contributed by atoms with Crippen LogP contribution in [0, 0.1) is 0 Å². The summed E-state index contributed by atoms with van der Waals surface area (Å²) in [6, 6.07) is 0. The topological polar surface area (TPSA) is 96.8 Å². The largest absolute Gasteiger partial charge is 1.00 e. The van der Waals surface area contributed by atoms with Crippen LogP contribution in [0.25, 0.3) is 0 Å². The molecule has 0 atom stereocenters. The Labute approximate surface area is 123 Å². The van der Waals surface area contributed by atoms with Gasteiger partial charge in [-0.15, -0.1) is 0 Å². The van der Waals surface area contributed by atoms with Crippen molar-refractivity contribution in [3.05, 3.63) is 12.2 Å². The zero-order valence-electron chi connectivity index (χ0n) is 10.4. The van der Waals surface area contributed by atoms with Gasteiger partial charge in [0.05, 0.1) is 6.54 Å². The Hall–Kier alpha value is -0.400. The number of aliphatic imine (C=N–C) groups is 1. The fourth-order valence-electron chi connectivity index (χ4n) is 0.919. The maximum absolute atomic E-state index is 10.9. The molecule has 0 bridgehead atoms. The number of nitrogens with zero attached hydrogens (tertiary/aromatic N) is 1. The normalized spacial score (nSPS) is 11.5. The third kappa shape index (κ3) is 15.6. The van der Waals surface area contributed by atoms with Gasteiger partial charge in [-0.2, -0.15) is 0 Å². The minimum Gasteiger partial charge on any atom is -0.859 e. The van der Waals surface area contributed by atoms with E-state index in [1.54, 1.807) is 0 Å². The van der Waals surface area contributed by atoms with E-state index in [9.17, 15) is 9.90 Å². The Kier molecular flexibility index (Phi) is 15.2. The second-order valence-electron chi connectivity index (χ2n) is 3.00. The molecule has 0 saturated carbocycles. The molecule has 0 heterocycles. The fourth-order valence-corrected chi connectivity index (χ4v) is 0.919. The SMILES string of the molecule is CCNCCNCCN=C([O-])/C=C/C(=O)O.[Na+]. The van der Waals surface area contributed by atoms with Crippen LogP contribution in [-0.2, 0) is 4.79 Å². The van der Waals surface area contributed by atoms with Crippen LogP contribution in [0.2, 0.25) is 0 Å². The number of aliphatic carboxylic acids is 1. The van der Waals surface area contributed by atoms with Gasteiger partial charge in [-0.05, 0) is 18.5 Å². The van der Waals surface area contributed by atoms with E-state index >= 15 is 0 Å². The van der Waals surface area contributed by atoms with E-state index in [0.29, 0.717) is 13.1 Å². The van der Waals surface area contributed by atoms with Gasteiger partial charge in [-0.3, -0.25) is 4.99 Å². The molecule has 92 valence electrons. The second-order valence-corrected chi connectivity index (χ2v) is 3.00. The molecular formula is C10H18N3NaO3. The van der Waals surface area contributed by atoms with E-state index < -0.39 is 11.9 Å². The Morgan fingerprint density at radius 1 is 1.29 bits per heavy atom. The molecule has 0 aliphatic rings. The van der Waals surface area contributed by atoms with Crippen molar-refractivity contribution in [2.24, 2.45) is 4.99 Å². The van der Waals surface area contributed by atoms with Crippen LogP contribution in [-0.4, -0.2) is 49.7 Å². The van der Waals surface area contributed by atoms with E-state index in [0.717, 1.165) is 31.8 Å². The molecule has 0 aromatic rings. The van der Waals surface area contributed by atoms with Gasteiger partial charge in [0.25, 0.3) is 0 Å². The van der Waals surface area contributed by atoms with Gasteiger partial charge in [0.2, 0.25) is 0 Å².